The van der Waals surface area contributed by atoms with Gasteiger partial charge in [-0.3, -0.25) is 9.79 Å². The van der Waals surface area contributed by atoms with Crippen LogP contribution < -0.4 is 5.32 Å². The molecule has 2 saturated heterocycles. The van der Waals surface area contributed by atoms with Crippen LogP contribution in [0.2, 0.25) is 0 Å². The number of nitrogens with one attached hydrogen (secondary N) is 1. The molecule has 2 aliphatic heterocycles. The third-order valence-electron chi connectivity index (χ3n) is 5.92. The average Bonchev–Trinajstić information content (AvgIpc) is 3.40. The van der Waals surface area contributed by atoms with Crippen LogP contribution in [0.25, 0.3) is 0 Å². The van der Waals surface area contributed by atoms with E-state index in [0.29, 0.717) is 0 Å². The number of aryl methyl sites for hydroxylation is 2. The Morgan fingerprint density at radius 3 is 2.67 bits per heavy atom. The first kappa shape index (κ1) is 18.3. The molecule has 4 rings (SSSR count). The number of fused-ring (bicyclic) bond motifs is 1. The van der Waals surface area contributed by atoms with Crippen LogP contribution in [0.1, 0.15) is 36.0 Å². The van der Waals surface area contributed by atoms with Gasteiger partial charge in [-0.25, -0.2) is 0 Å². The van der Waals surface area contributed by atoms with Crippen LogP contribution in [0.4, 0.5) is 0 Å². The zero-order valence-electron chi connectivity index (χ0n) is 16.2. The molecule has 1 aromatic carbocycles. The summed E-state index contributed by atoms with van der Waals surface area (Å²) in [4.78, 5) is 21.1. The van der Waals surface area contributed by atoms with Crippen molar-refractivity contribution >= 4 is 11.9 Å². The van der Waals surface area contributed by atoms with E-state index in [0.717, 1.165) is 58.1 Å². The van der Waals surface area contributed by atoms with Crippen molar-refractivity contribution in [3.05, 3.63) is 34.9 Å². The second-order valence-electron chi connectivity index (χ2n) is 7.67. The molecule has 146 valence electrons. The lowest BCUT2D eigenvalue weighted by molar-refractivity contribution is -0.142. The summed E-state index contributed by atoms with van der Waals surface area (Å²) in [5.41, 5.74) is 4.32. The van der Waals surface area contributed by atoms with Crippen LogP contribution in [0, 0.1) is 0 Å². The number of carbonyl (C=O) groups is 1. The Bertz CT molecular complexity index is 704. The van der Waals surface area contributed by atoms with E-state index in [2.05, 4.69) is 33.4 Å². The number of hydrogen-bond donors (Lipinski definition) is 1. The van der Waals surface area contributed by atoms with Gasteiger partial charge in [0.05, 0.1) is 0 Å². The fourth-order valence-electron chi connectivity index (χ4n) is 4.36. The van der Waals surface area contributed by atoms with Crippen molar-refractivity contribution in [3.8, 4) is 0 Å². The van der Waals surface area contributed by atoms with Gasteiger partial charge in [0, 0.05) is 46.4 Å². The topological polar surface area (TPSA) is 57.2 Å². The van der Waals surface area contributed by atoms with Gasteiger partial charge < -0.3 is 19.9 Å². The van der Waals surface area contributed by atoms with Crippen molar-refractivity contribution in [2.45, 2.75) is 44.8 Å². The molecule has 3 aliphatic rings. The summed E-state index contributed by atoms with van der Waals surface area (Å²) >= 11 is 0. The van der Waals surface area contributed by atoms with E-state index in [1.54, 1.807) is 0 Å². The minimum atomic E-state index is -0.214. The molecule has 0 aromatic heterocycles. The zero-order chi connectivity index (χ0) is 18.6. The minimum absolute atomic E-state index is 0.160. The molecule has 1 aromatic rings. The van der Waals surface area contributed by atoms with Crippen molar-refractivity contribution < 1.29 is 9.53 Å². The predicted octanol–water partition coefficient (Wildman–Crippen LogP) is 1.57. The molecule has 6 nitrogen and oxygen atoms in total. The van der Waals surface area contributed by atoms with Crippen LogP contribution in [-0.4, -0.2) is 67.6 Å². The van der Waals surface area contributed by atoms with Gasteiger partial charge in [0.15, 0.2) is 5.96 Å². The highest BCUT2D eigenvalue weighted by molar-refractivity contribution is 5.82. The number of nitrogens with zero attached hydrogens (tertiary/aromatic N) is 3. The van der Waals surface area contributed by atoms with E-state index >= 15 is 0 Å². The quantitative estimate of drug-likeness (QED) is 0.648. The first-order valence-corrected chi connectivity index (χ1v) is 10.2. The Morgan fingerprint density at radius 2 is 1.93 bits per heavy atom. The molecule has 6 heteroatoms. The van der Waals surface area contributed by atoms with E-state index in [1.165, 1.54) is 36.0 Å². The summed E-state index contributed by atoms with van der Waals surface area (Å²) in [7, 11) is 1.83. The van der Waals surface area contributed by atoms with Gasteiger partial charge in [-0.15, -0.1) is 0 Å². The van der Waals surface area contributed by atoms with Crippen molar-refractivity contribution in [1.29, 1.82) is 0 Å². The summed E-state index contributed by atoms with van der Waals surface area (Å²) in [5, 5.41) is 3.49. The highest BCUT2D eigenvalue weighted by Gasteiger charge is 2.30. The lowest BCUT2D eigenvalue weighted by Crippen LogP contribution is -2.55. The highest BCUT2D eigenvalue weighted by atomic mass is 16.5. The Labute approximate surface area is 161 Å². The summed E-state index contributed by atoms with van der Waals surface area (Å²) in [6, 6.07) is 6.83. The molecule has 1 amide bonds. The SMILES string of the molecule is CN=C(NCc1ccc2c(c1)CCC2)N1CCN(C(=O)C2CCCO2)CC1. The van der Waals surface area contributed by atoms with Gasteiger partial charge in [-0.1, -0.05) is 18.2 Å². The van der Waals surface area contributed by atoms with Crippen molar-refractivity contribution in [2.75, 3.05) is 39.8 Å². The van der Waals surface area contributed by atoms with E-state index in [1.807, 2.05) is 11.9 Å². The van der Waals surface area contributed by atoms with Crippen LogP contribution in [0.3, 0.4) is 0 Å². The largest absolute Gasteiger partial charge is 0.368 e. The molecule has 0 spiro atoms. The van der Waals surface area contributed by atoms with Crippen LogP contribution in [0.15, 0.2) is 23.2 Å². The van der Waals surface area contributed by atoms with Crippen molar-refractivity contribution in [3.63, 3.8) is 0 Å². The van der Waals surface area contributed by atoms with Gasteiger partial charge in [0.2, 0.25) is 0 Å². The zero-order valence-corrected chi connectivity index (χ0v) is 16.2. The molecule has 0 bridgehead atoms. The number of guanidine groups is 1. The molecular formula is C21H30N4O2. The normalized spacial score (nSPS) is 22.9. The first-order chi connectivity index (χ1) is 13.2. The smallest absolute Gasteiger partial charge is 0.251 e. The number of carbonyl (C=O) groups excluding carboxylic acids is 1. The van der Waals surface area contributed by atoms with Gasteiger partial charge in [-0.2, -0.15) is 0 Å². The number of amides is 1. The summed E-state index contributed by atoms with van der Waals surface area (Å²) in [6.45, 7) is 4.59. The Morgan fingerprint density at radius 1 is 1.15 bits per heavy atom. The number of piperazine rings is 1. The van der Waals surface area contributed by atoms with Crippen molar-refractivity contribution in [1.82, 2.24) is 15.1 Å². The third kappa shape index (κ3) is 4.10. The van der Waals surface area contributed by atoms with Gasteiger partial charge in [0.25, 0.3) is 5.91 Å². The Hall–Kier alpha value is -2.08. The standard InChI is InChI=1S/C21H30N4O2/c1-22-21(23-15-16-7-8-17-4-2-5-18(17)14-16)25-11-9-24(10-12-25)20(26)19-6-3-13-27-19/h7-8,14,19H,2-6,9-13,15H2,1H3,(H,22,23). The van der Waals surface area contributed by atoms with E-state index < -0.39 is 0 Å². The maximum Gasteiger partial charge on any atom is 0.251 e. The molecule has 1 aliphatic carbocycles. The van der Waals surface area contributed by atoms with E-state index in [-0.39, 0.29) is 12.0 Å². The predicted molar refractivity (Wildman–Crippen MR) is 106 cm³/mol. The average molecular weight is 370 g/mol. The van der Waals surface area contributed by atoms with E-state index in [9.17, 15) is 4.79 Å². The molecule has 0 radical (unpaired) electrons. The molecule has 27 heavy (non-hydrogen) atoms. The molecule has 1 atom stereocenters. The molecule has 2 fully saturated rings. The monoisotopic (exact) mass is 370 g/mol. The Balaban J connectivity index is 1.28. The summed E-state index contributed by atoms with van der Waals surface area (Å²) in [5.74, 6) is 1.08. The molecule has 1 N–H and O–H groups in total. The molecule has 0 saturated carbocycles. The molecule has 2 heterocycles. The number of rotatable bonds is 3. The third-order valence-corrected chi connectivity index (χ3v) is 5.92. The minimum Gasteiger partial charge on any atom is -0.368 e. The number of aliphatic imine (C=N–C) groups is 1. The van der Waals surface area contributed by atoms with E-state index in [4.69, 9.17) is 4.74 Å². The van der Waals surface area contributed by atoms with Crippen molar-refractivity contribution in [2.24, 2.45) is 4.99 Å². The fourth-order valence-corrected chi connectivity index (χ4v) is 4.36. The lowest BCUT2D eigenvalue weighted by atomic mass is 10.1. The second-order valence-corrected chi connectivity index (χ2v) is 7.67. The number of ether oxygens (including phenoxy) is 1. The number of hydrogen-bond acceptors (Lipinski definition) is 3. The van der Waals surface area contributed by atoms with Crippen LogP contribution in [-0.2, 0) is 28.9 Å². The van der Waals surface area contributed by atoms with Gasteiger partial charge in [-0.05, 0) is 48.8 Å². The van der Waals surface area contributed by atoms with Gasteiger partial charge in [0.1, 0.15) is 6.10 Å². The van der Waals surface area contributed by atoms with Gasteiger partial charge >= 0.3 is 0 Å². The Kier molecular flexibility index (Phi) is 5.62. The first-order valence-electron chi connectivity index (χ1n) is 10.2. The summed E-state index contributed by atoms with van der Waals surface area (Å²) in [6.07, 6.45) is 5.36. The van der Waals surface area contributed by atoms with Crippen LogP contribution in [0.5, 0.6) is 0 Å². The molecule has 1 unspecified atom stereocenters. The lowest BCUT2D eigenvalue weighted by Gasteiger charge is -2.37. The number of benzene rings is 1. The molecular weight excluding hydrogens is 340 g/mol. The summed E-state index contributed by atoms with van der Waals surface area (Å²) < 4.78 is 5.54. The van der Waals surface area contributed by atoms with Crippen LogP contribution >= 0.6 is 0 Å². The maximum atomic E-state index is 12.5. The maximum absolute atomic E-state index is 12.5. The second kappa shape index (κ2) is 8.30. The highest BCUT2D eigenvalue weighted by Crippen LogP contribution is 2.22. The fraction of sp³-hybridized carbons (Fsp3) is 0.619.